The first-order valence-corrected chi connectivity index (χ1v) is 11.7. The second-order valence-electron chi connectivity index (χ2n) is 9.21. The zero-order valence-corrected chi connectivity index (χ0v) is 20.4. The van der Waals surface area contributed by atoms with Crippen molar-refractivity contribution in [1.82, 2.24) is 34.7 Å². The van der Waals surface area contributed by atoms with Gasteiger partial charge >= 0.3 is 5.92 Å². The predicted octanol–water partition coefficient (Wildman–Crippen LogP) is 4.38. The molecule has 0 aliphatic heterocycles. The van der Waals surface area contributed by atoms with E-state index in [-0.39, 0.29) is 5.92 Å². The second kappa shape index (κ2) is 9.57. The van der Waals surface area contributed by atoms with E-state index < -0.39 is 24.0 Å². The molecule has 1 N–H and O–H groups in total. The van der Waals surface area contributed by atoms with E-state index in [9.17, 15) is 13.6 Å². The molecule has 0 fully saturated rings. The lowest BCUT2D eigenvalue weighted by Crippen LogP contribution is -2.49. The predicted molar refractivity (Wildman–Crippen MR) is 133 cm³/mol. The van der Waals surface area contributed by atoms with Gasteiger partial charge < -0.3 is 10.1 Å². The van der Waals surface area contributed by atoms with Crippen LogP contribution in [0.15, 0.2) is 73.4 Å². The van der Waals surface area contributed by atoms with Gasteiger partial charge in [-0.15, -0.1) is 10.2 Å². The molecule has 0 spiro atoms. The van der Waals surface area contributed by atoms with E-state index in [0.29, 0.717) is 18.5 Å². The molecule has 11 heteroatoms. The van der Waals surface area contributed by atoms with Crippen molar-refractivity contribution in [2.45, 2.75) is 38.8 Å². The Morgan fingerprint density at radius 2 is 1.89 bits per heavy atom. The molecule has 0 aliphatic carbocycles. The summed E-state index contributed by atoms with van der Waals surface area (Å²) in [6.07, 6.45) is 6.04. The van der Waals surface area contributed by atoms with Gasteiger partial charge in [0, 0.05) is 18.5 Å². The van der Waals surface area contributed by atoms with Crippen molar-refractivity contribution in [1.29, 1.82) is 0 Å². The highest BCUT2D eigenvalue weighted by Gasteiger charge is 2.37. The lowest BCUT2D eigenvalue weighted by atomic mass is 9.92. The molecule has 0 saturated heterocycles. The van der Waals surface area contributed by atoms with Crippen LogP contribution in [0.3, 0.4) is 0 Å². The van der Waals surface area contributed by atoms with Crippen molar-refractivity contribution >= 4 is 22.6 Å². The highest BCUT2D eigenvalue weighted by Crippen LogP contribution is 2.31. The Bertz CT molecular complexity index is 1540. The van der Waals surface area contributed by atoms with Crippen LogP contribution in [0, 0.1) is 5.92 Å². The molecule has 9 nitrogen and oxygen atoms in total. The van der Waals surface area contributed by atoms with Crippen molar-refractivity contribution in [2.75, 3.05) is 0 Å². The normalized spacial score (nSPS) is 13.7. The van der Waals surface area contributed by atoms with Crippen LogP contribution >= 0.6 is 0 Å². The van der Waals surface area contributed by atoms with Gasteiger partial charge in [-0.25, -0.2) is 9.67 Å². The minimum absolute atomic E-state index is 0.192. The van der Waals surface area contributed by atoms with Crippen molar-refractivity contribution in [3.8, 4) is 11.4 Å². The third kappa shape index (κ3) is 4.97. The van der Waals surface area contributed by atoms with E-state index in [1.54, 1.807) is 33.9 Å². The third-order valence-corrected chi connectivity index (χ3v) is 6.05. The van der Waals surface area contributed by atoms with E-state index in [1.807, 2.05) is 62.5 Å². The smallest absolute Gasteiger partial charge is 0.321 e. The molecule has 3 heterocycles. The van der Waals surface area contributed by atoms with Crippen LogP contribution < -0.4 is 10.1 Å². The highest BCUT2D eigenvalue weighted by atomic mass is 19.3. The average molecular weight is 506 g/mol. The molecule has 0 unspecified atom stereocenters. The molecule has 2 atom stereocenters. The van der Waals surface area contributed by atoms with E-state index in [1.165, 1.54) is 0 Å². The Hall–Kier alpha value is -4.41. The fourth-order valence-electron chi connectivity index (χ4n) is 4.13. The third-order valence-electron chi connectivity index (χ3n) is 6.05. The molecular formula is C26H25F2N7O2. The number of ether oxygens (including phenoxy) is 1. The number of benzene rings is 2. The minimum Gasteiger partial charge on any atom is -0.484 e. The SMILES string of the molecule is CC(C)[C@H](NC(=O)C(C)(F)F)[C@H](Oc1ccc2c(cnn2-c2cnc3nncn3c2)c1)c1ccccc1. The summed E-state index contributed by atoms with van der Waals surface area (Å²) < 4.78 is 37.3. The number of nitrogens with zero attached hydrogens (tertiary/aromatic N) is 6. The summed E-state index contributed by atoms with van der Waals surface area (Å²) in [4.78, 5) is 16.5. The van der Waals surface area contributed by atoms with Gasteiger partial charge in [0.1, 0.15) is 23.9 Å². The number of rotatable bonds is 8. The lowest BCUT2D eigenvalue weighted by molar-refractivity contribution is -0.145. The van der Waals surface area contributed by atoms with Gasteiger partial charge in [-0.3, -0.25) is 9.20 Å². The quantitative estimate of drug-likeness (QED) is 0.336. The zero-order valence-electron chi connectivity index (χ0n) is 20.4. The lowest BCUT2D eigenvalue weighted by Gasteiger charge is -2.32. The van der Waals surface area contributed by atoms with Gasteiger partial charge in [-0.2, -0.15) is 13.9 Å². The van der Waals surface area contributed by atoms with Crippen molar-refractivity contribution in [3.05, 3.63) is 79.0 Å². The van der Waals surface area contributed by atoms with Crippen molar-refractivity contribution in [3.63, 3.8) is 0 Å². The summed E-state index contributed by atoms with van der Waals surface area (Å²) in [5, 5.41) is 15.6. The van der Waals surface area contributed by atoms with Crippen LogP contribution in [0.4, 0.5) is 8.78 Å². The highest BCUT2D eigenvalue weighted by molar-refractivity contribution is 5.83. The number of hydrogen-bond acceptors (Lipinski definition) is 6. The first kappa shape index (κ1) is 24.3. The van der Waals surface area contributed by atoms with E-state index >= 15 is 0 Å². The van der Waals surface area contributed by atoms with Crippen LogP contribution in [0.25, 0.3) is 22.4 Å². The molecule has 190 valence electrons. The van der Waals surface area contributed by atoms with Gasteiger partial charge in [-0.05, 0) is 29.7 Å². The second-order valence-corrected chi connectivity index (χ2v) is 9.21. The average Bonchev–Trinajstić information content (AvgIpc) is 3.52. The summed E-state index contributed by atoms with van der Waals surface area (Å²) in [5.74, 6) is -4.05. The molecular weight excluding hydrogens is 480 g/mol. The Kier molecular flexibility index (Phi) is 6.28. The fourth-order valence-corrected chi connectivity index (χ4v) is 4.13. The zero-order chi connectivity index (χ0) is 26.2. The number of carbonyl (C=O) groups excluding carboxylic acids is 1. The van der Waals surface area contributed by atoms with Crippen LogP contribution in [-0.2, 0) is 4.79 Å². The van der Waals surface area contributed by atoms with E-state index in [4.69, 9.17) is 4.74 Å². The summed E-state index contributed by atoms with van der Waals surface area (Å²) in [7, 11) is 0. The monoisotopic (exact) mass is 505 g/mol. The summed E-state index contributed by atoms with van der Waals surface area (Å²) in [5.41, 5.74) is 2.29. The number of carbonyl (C=O) groups is 1. The maximum absolute atomic E-state index is 13.7. The van der Waals surface area contributed by atoms with Crippen LogP contribution in [0.5, 0.6) is 5.75 Å². The Morgan fingerprint density at radius 3 is 2.62 bits per heavy atom. The number of halogens is 2. The molecule has 1 amide bonds. The van der Waals surface area contributed by atoms with Crippen molar-refractivity contribution < 1.29 is 18.3 Å². The molecule has 0 radical (unpaired) electrons. The molecule has 37 heavy (non-hydrogen) atoms. The number of hydrogen-bond donors (Lipinski definition) is 1. The standard InChI is InChI=1S/C26H25F2N7O2/c1-16(2)22(32-24(36)26(3,27)28)23(17-7-5-4-6-8-17)37-20-9-10-21-18(11-20)12-31-35(21)19-13-29-25-33-30-15-34(25)14-19/h4-16,22-23H,1-3H3,(H,32,36)/t22-,23+/m0/s1. The summed E-state index contributed by atoms with van der Waals surface area (Å²) in [6.45, 7) is 4.29. The number of alkyl halides is 2. The summed E-state index contributed by atoms with van der Waals surface area (Å²) >= 11 is 0. The largest absolute Gasteiger partial charge is 0.484 e. The van der Waals surface area contributed by atoms with Gasteiger partial charge in [0.05, 0.1) is 24.0 Å². The number of nitrogens with one attached hydrogen (secondary N) is 1. The van der Waals surface area contributed by atoms with E-state index in [2.05, 4.69) is 25.6 Å². The molecule has 0 saturated carbocycles. The topological polar surface area (TPSA) is 99.2 Å². The molecule has 0 bridgehead atoms. The maximum atomic E-state index is 13.7. The minimum atomic E-state index is -3.51. The Balaban J connectivity index is 1.48. The number of amides is 1. The van der Waals surface area contributed by atoms with Crippen LogP contribution in [0.1, 0.15) is 32.4 Å². The number of fused-ring (bicyclic) bond motifs is 2. The first-order valence-electron chi connectivity index (χ1n) is 11.7. The molecule has 5 aromatic rings. The first-order chi connectivity index (χ1) is 17.7. The molecule has 0 aliphatic rings. The summed E-state index contributed by atoms with van der Waals surface area (Å²) in [6, 6.07) is 14.0. The number of aromatic nitrogens is 6. The molecule has 2 aromatic carbocycles. The van der Waals surface area contributed by atoms with E-state index in [0.717, 1.165) is 22.2 Å². The van der Waals surface area contributed by atoms with Gasteiger partial charge in [0.2, 0.25) is 0 Å². The maximum Gasteiger partial charge on any atom is 0.321 e. The Morgan fingerprint density at radius 1 is 1.11 bits per heavy atom. The van der Waals surface area contributed by atoms with Gasteiger partial charge in [-0.1, -0.05) is 44.2 Å². The Labute approximate surface area is 211 Å². The molecule has 3 aromatic heterocycles. The van der Waals surface area contributed by atoms with Crippen molar-refractivity contribution in [2.24, 2.45) is 5.92 Å². The van der Waals surface area contributed by atoms with Crippen LogP contribution in [0.2, 0.25) is 0 Å². The fraction of sp³-hybridized carbons (Fsp3) is 0.269. The molecule has 5 rings (SSSR count). The van der Waals surface area contributed by atoms with Gasteiger partial charge in [0.15, 0.2) is 0 Å². The van der Waals surface area contributed by atoms with Crippen LogP contribution in [-0.4, -0.2) is 47.2 Å². The van der Waals surface area contributed by atoms with Gasteiger partial charge in [0.25, 0.3) is 11.7 Å².